The Morgan fingerprint density at radius 3 is 2.19 bits per heavy atom. The second-order valence-corrected chi connectivity index (χ2v) is 8.76. The Morgan fingerprint density at radius 2 is 1.67 bits per heavy atom. The minimum Gasteiger partial charge on any atom is -0.316 e. The molecule has 1 saturated carbocycles. The van der Waals surface area contributed by atoms with Gasteiger partial charge in [0.25, 0.3) is 0 Å². The van der Waals surface area contributed by atoms with Gasteiger partial charge >= 0.3 is 0 Å². The molecule has 0 bridgehead atoms. The summed E-state index contributed by atoms with van der Waals surface area (Å²) >= 11 is 0. The Labute approximate surface area is 130 Å². The first-order chi connectivity index (χ1) is 9.95. The maximum Gasteiger partial charge on any atom is 0.211 e. The van der Waals surface area contributed by atoms with Crippen molar-refractivity contribution in [2.24, 2.45) is 5.41 Å². The number of piperazine rings is 1. The molecule has 1 saturated heterocycles. The van der Waals surface area contributed by atoms with Crippen LogP contribution in [0.15, 0.2) is 0 Å². The van der Waals surface area contributed by atoms with Crippen LogP contribution in [0.1, 0.15) is 39.0 Å². The van der Waals surface area contributed by atoms with Crippen LogP contribution in [0.2, 0.25) is 0 Å². The number of rotatable bonds is 6. The lowest BCUT2D eigenvalue weighted by molar-refractivity contribution is 0.0811. The Bertz CT molecular complexity index is 411. The maximum atomic E-state index is 11.6. The van der Waals surface area contributed by atoms with E-state index in [1.165, 1.54) is 38.4 Å². The predicted molar refractivity (Wildman–Crippen MR) is 86.9 cm³/mol. The van der Waals surface area contributed by atoms with Crippen LogP contribution in [0.4, 0.5) is 0 Å². The average molecular weight is 317 g/mol. The van der Waals surface area contributed by atoms with Crippen molar-refractivity contribution >= 4 is 10.0 Å². The fraction of sp³-hybridized carbons (Fsp3) is 1.00. The fourth-order valence-corrected chi connectivity index (χ4v) is 4.60. The Morgan fingerprint density at radius 1 is 1.05 bits per heavy atom. The lowest BCUT2D eigenvalue weighted by Gasteiger charge is -2.43. The normalized spacial score (nSPS) is 25.0. The summed E-state index contributed by atoms with van der Waals surface area (Å²) in [6.07, 6.45) is 7.99. The third kappa shape index (κ3) is 4.91. The molecule has 0 atom stereocenters. The molecule has 1 aliphatic carbocycles. The van der Waals surface area contributed by atoms with Crippen LogP contribution >= 0.6 is 0 Å². The van der Waals surface area contributed by atoms with Gasteiger partial charge in [-0.3, -0.25) is 0 Å². The zero-order valence-electron chi connectivity index (χ0n) is 13.6. The van der Waals surface area contributed by atoms with Crippen LogP contribution < -0.4 is 5.32 Å². The number of sulfonamides is 1. The topological polar surface area (TPSA) is 52.6 Å². The van der Waals surface area contributed by atoms with E-state index in [1.807, 2.05) is 0 Å². The molecule has 0 aromatic carbocycles. The van der Waals surface area contributed by atoms with Crippen molar-refractivity contribution in [1.29, 1.82) is 0 Å². The summed E-state index contributed by atoms with van der Waals surface area (Å²) in [6, 6.07) is 0. The summed E-state index contributed by atoms with van der Waals surface area (Å²) in [5, 5.41) is 3.55. The quantitative estimate of drug-likeness (QED) is 0.798. The summed E-state index contributed by atoms with van der Waals surface area (Å²) in [7, 11) is -3.02. The van der Waals surface area contributed by atoms with Gasteiger partial charge in [-0.25, -0.2) is 8.42 Å². The summed E-state index contributed by atoms with van der Waals surface area (Å²) < 4.78 is 24.8. The minimum absolute atomic E-state index is 0.404. The summed E-state index contributed by atoms with van der Waals surface area (Å²) in [4.78, 5) is 2.48. The van der Waals surface area contributed by atoms with E-state index >= 15 is 0 Å². The molecule has 2 aliphatic rings. The minimum atomic E-state index is -3.02. The SMILES string of the molecule is CCNCC1(CN2CCN(S(C)(=O)=O)CC2)CCCCC1. The van der Waals surface area contributed by atoms with E-state index in [1.54, 1.807) is 4.31 Å². The molecule has 2 fully saturated rings. The smallest absolute Gasteiger partial charge is 0.211 e. The molecule has 1 heterocycles. The number of nitrogens with one attached hydrogen (secondary N) is 1. The van der Waals surface area contributed by atoms with Gasteiger partial charge in [0, 0.05) is 39.3 Å². The van der Waals surface area contributed by atoms with Gasteiger partial charge < -0.3 is 10.2 Å². The molecular weight excluding hydrogens is 286 g/mol. The van der Waals surface area contributed by atoms with E-state index in [9.17, 15) is 8.42 Å². The van der Waals surface area contributed by atoms with Crippen LogP contribution in [0.25, 0.3) is 0 Å². The monoisotopic (exact) mass is 317 g/mol. The standard InChI is InChI=1S/C15H31N3O2S/c1-3-16-13-15(7-5-4-6-8-15)14-17-9-11-18(12-10-17)21(2,19)20/h16H,3-14H2,1-2H3. The zero-order valence-corrected chi connectivity index (χ0v) is 14.4. The molecule has 21 heavy (non-hydrogen) atoms. The molecule has 0 aromatic heterocycles. The maximum absolute atomic E-state index is 11.6. The van der Waals surface area contributed by atoms with Crippen molar-refractivity contribution in [3.05, 3.63) is 0 Å². The van der Waals surface area contributed by atoms with E-state index in [2.05, 4.69) is 17.1 Å². The third-order valence-electron chi connectivity index (χ3n) is 5.02. The van der Waals surface area contributed by atoms with Crippen molar-refractivity contribution in [3.63, 3.8) is 0 Å². The van der Waals surface area contributed by atoms with E-state index in [0.29, 0.717) is 18.5 Å². The Balaban J connectivity index is 1.89. The Kier molecular flexibility index (Phi) is 6.05. The van der Waals surface area contributed by atoms with E-state index in [4.69, 9.17) is 0 Å². The highest BCUT2D eigenvalue weighted by atomic mass is 32.2. The molecule has 0 unspecified atom stereocenters. The van der Waals surface area contributed by atoms with Crippen molar-refractivity contribution < 1.29 is 8.42 Å². The van der Waals surface area contributed by atoms with E-state index in [0.717, 1.165) is 32.7 Å². The van der Waals surface area contributed by atoms with Crippen molar-refractivity contribution in [2.45, 2.75) is 39.0 Å². The van der Waals surface area contributed by atoms with E-state index in [-0.39, 0.29) is 0 Å². The molecule has 1 N–H and O–H groups in total. The van der Waals surface area contributed by atoms with Gasteiger partial charge in [-0.2, -0.15) is 4.31 Å². The van der Waals surface area contributed by atoms with Crippen LogP contribution in [-0.4, -0.2) is 69.7 Å². The first kappa shape index (κ1) is 17.2. The second-order valence-electron chi connectivity index (χ2n) is 6.78. The Hall–Kier alpha value is -0.170. The van der Waals surface area contributed by atoms with Crippen LogP contribution in [0.3, 0.4) is 0 Å². The average Bonchev–Trinajstić information content (AvgIpc) is 2.46. The lowest BCUT2D eigenvalue weighted by Crippen LogP contribution is -2.53. The van der Waals surface area contributed by atoms with Crippen molar-refractivity contribution in [1.82, 2.24) is 14.5 Å². The predicted octanol–water partition coefficient (Wildman–Crippen LogP) is 1.12. The molecule has 0 amide bonds. The second kappa shape index (κ2) is 7.40. The summed E-state index contributed by atoms with van der Waals surface area (Å²) in [6.45, 7) is 8.48. The first-order valence-corrected chi connectivity index (χ1v) is 10.2. The highest BCUT2D eigenvalue weighted by Crippen LogP contribution is 2.36. The molecule has 0 aromatic rings. The van der Waals surface area contributed by atoms with Crippen molar-refractivity contribution in [3.8, 4) is 0 Å². The summed E-state index contributed by atoms with van der Waals surface area (Å²) in [5.74, 6) is 0. The van der Waals surface area contributed by atoms with Gasteiger partial charge in [-0.15, -0.1) is 0 Å². The van der Waals surface area contributed by atoms with Crippen LogP contribution in [0, 0.1) is 5.41 Å². The highest BCUT2D eigenvalue weighted by molar-refractivity contribution is 7.88. The van der Waals surface area contributed by atoms with Gasteiger partial charge in [0.15, 0.2) is 0 Å². The molecule has 6 heteroatoms. The molecule has 5 nitrogen and oxygen atoms in total. The number of nitrogens with zero attached hydrogens (tertiary/aromatic N) is 2. The van der Waals surface area contributed by atoms with Gasteiger partial charge in [0.2, 0.25) is 10.0 Å². The van der Waals surface area contributed by atoms with Crippen LogP contribution in [0.5, 0.6) is 0 Å². The van der Waals surface area contributed by atoms with Crippen molar-refractivity contribution in [2.75, 3.05) is 52.1 Å². The van der Waals surface area contributed by atoms with Gasteiger partial charge in [-0.1, -0.05) is 26.2 Å². The largest absolute Gasteiger partial charge is 0.316 e. The summed E-state index contributed by atoms with van der Waals surface area (Å²) in [5.41, 5.74) is 0.404. The highest BCUT2D eigenvalue weighted by Gasteiger charge is 2.35. The van der Waals surface area contributed by atoms with Crippen LogP contribution in [-0.2, 0) is 10.0 Å². The lowest BCUT2D eigenvalue weighted by atomic mass is 9.73. The molecule has 124 valence electrons. The molecule has 2 rings (SSSR count). The van der Waals surface area contributed by atoms with E-state index < -0.39 is 10.0 Å². The molecular formula is C15H31N3O2S. The number of hydrogen-bond acceptors (Lipinski definition) is 4. The van der Waals surface area contributed by atoms with Gasteiger partial charge in [-0.05, 0) is 24.8 Å². The molecule has 1 aliphatic heterocycles. The van der Waals surface area contributed by atoms with Gasteiger partial charge in [0.05, 0.1) is 6.26 Å². The number of hydrogen-bond donors (Lipinski definition) is 1. The van der Waals surface area contributed by atoms with Gasteiger partial charge in [0.1, 0.15) is 0 Å². The fourth-order valence-electron chi connectivity index (χ4n) is 3.78. The molecule has 0 radical (unpaired) electrons. The molecule has 0 spiro atoms. The third-order valence-corrected chi connectivity index (χ3v) is 6.33. The zero-order chi connectivity index (χ0) is 15.3. The first-order valence-electron chi connectivity index (χ1n) is 8.33.